The highest BCUT2D eigenvalue weighted by Gasteiger charge is 2.34. The Morgan fingerprint density at radius 1 is 1.18 bits per heavy atom. The molecule has 1 amide bonds. The molecule has 3 rings (SSSR count). The number of ether oxygens (including phenoxy) is 1. The van der Waals surface area contributed by atoms with Crippen LogP contribution in [-0.2, 0) is 12.8 Å². The van der Waals surface area contributed by atoms with E-state index in [9.17, 15) is 18.0 Å². The molecule has 0 spiro atoms. The van der Waals surface area contributed by atoms with Crippen LogP contribution in [0.5, 0.6) is 5.75 Å². The predicted molar refractivity (Wildman–Crippen MR) is 96.4 cm³/mol. The minimum atomic E-state index is -4.61. The Bertz CT molecular complexity index is 985. The monoisotopic (exact) mass is 410 g/mol. The average molecular weight is 411 g/mol. The quantitative estimate of drug-likeness (QED) is 0.604. The van der Waals surface area contributed by atoms with Crippen LogP contribution in [0.1, 0.15) is 27.4 Å². The molecule has 0 aliphatic heterocycles. The molecule has 0 aliphatic carbocycles. The van der Waals surface area contributed by atoms with Crippen LogP contribution in [-0.4, -0.2) is 11.1 Å². The van der Waals surface area contributed by atoms with E-state index in [1.54, 1.807) is 31.2 Å². The second-order valence-electron chi connectivity index (χ2n) is 5.81. The number of nitrogens with zero attached hydrogens (tertiary/aromatic N) is 1. The zero-order valence-corrected chi connectivity index (χ0v) is 15.3. The van der Waals surface area contributed by atoms with Crippen LogP contribution >= 0.6 is 11.6 Å². The maximum atomic E-state index is 13.1. The summed E-state index contributed by atoms with van der Waals surface area (Å²) in [5.74, 6) is -0.00903. The van der Waals surface area contributed by atoms with E-state index in [1.165, 1.54) is 12.1 Å². The lowest BCUT2D eigenvalue weighted by molar-refractivity contribution is -0.136. The van der Waals surface area contributed by atoms with E-state index in [0.717, 1.165) is 12.1 Å². The van der Waals surface area contributed by atoms with Gasteiger partial charge in [-0.2, -0.15) is 13.2 Å². The fourth-order valence-electron chi connectivity index (χ4n) is 2.45. The van der Waals surface area contributed by atoms with Gasteiger partial charge in [0.05, 0.1) is 16.8 Å². The number of carbonyl (C=O) groups is 1. The van der Waals surface area contributed by atoms with Gasteiger partial charge in [0.2, 0.25) is 0 Å². The summed E-state index contributed by atoms with van der Waals surface area (Å²) < 4.78 is 49.9. The molecule has 0 saturated heterocycles. The SMILES string of the molecule is Cc1onc(C(=O)Nc2ccccc2C(F)(F)F)c1COc1ccc(Cl)cc1. The molecular formula is C19H14ClF3N2O3. The lowest BCUT2D eigenvalue weighted by Crippen LogP contribution is -2.18. The maximum Gasteiger partial charge on any atom is 0.418 e. The third-order valence-corrected chi connectivity index (χ3v) is 4.13. The summed E-state index contributed by atoms with van der Waals surface area (Å²) in [6, 6.07) is 11.2. The van der Waals surface area contributed by atoms with E-state index < -0.39 is 17.6 Å². The van der Waals surface area contributed by atoms with Gasteiger partial charge in [-0.25, -0.2) is 0 Å². The molecule has 2 aromatic carbocycles. The number of alkyl halides is 3. The summed E-state index contributed by atoms with van der Waals surface area (Å²) in [5, 5.41) is 6.44. The first-order valence-corrected chi connectivity index (χ1v) is 8.44. The first-order chi connectivity index (χ1) is 13.3. The molecule has 0 saturated carbocycles. The number of amides is 1. The largest absolute Gasteiger partial charge is 0.489 e. The summed E-state index contributed by atoms with van der Waals surface area (Å²) in [4.78, 5) is 12.5. The Balaban J connectivity index is 1.79. The van der Waals surface area contributed by atoms with Gasteiger partial charge in [-0.3, -0.25) is 4.79 Å². The van der Waals surface area contributed by atoms with Crippen molar-refractivity contribution in [3.63, 3.8) is 0 Å². The van der Waals surface area contributed by atoms with Gasteiger partial charge >= 0.3 is 6.18 Å². The number of rotatable bonds is 5. The summed E-state index contributed by atoms with van der Waals surface area (Å²) in [6.07, 6.45) is -4.61. The van der Waals surface area contributed by atoms with Crippen molar-refractivity contribution in [1.29, 1.82) is 0 Å². The van der Waals surface area contributed by atoms with Gasteiger partial charge in [0, 0.05) is 5.02 Å². The Labute approximate surface area is 163 Å². The highest BCUT2D eigenvalue weighted by molar-refractivity contribution is 6.30. The molecule has 0 bridgehead atoms. The number of para-hydroxylation sites is 1. The van der Waals surface area contributed by atoms with E-state index in [-0.39, 0.29) is 18.0 Å². The Hall–Kier alpha value is -3.00. The Kier molecular flexibility index (Phi) is 5.60. The molecule has 0 unspecified atom stereocenters. The average Bonchev–Trinajstić information content (AvgIpc) is 3.01. The highest BCUT2D eigenvalue weighted by atomic mass is 35.5. The molecule has 0 fully saturated rings. The van der Waals surface area contributed by atoms with Gasteiger partial charge in [0.25, 0.3) is 5.91 Å². The van der Waals surface area contributed by atoms with Gasteiger partial charge in [-0.05, 0) is 43.3 Å². The normalized spacial score (nSPS) is 11.3. The topological polar surface area (TPSA) is 64.4 Å². The maximum absolute atomic E-state index is 13.1. The van der Waals surface area contributed by atoms with E-state index in [2.05, 4.69) is 10.5 Å². The molecule has 3 aromatic rings. The van der Waals surface area contributed by atoms with Gasteiger partial charge in [-0.15, -0.1) is 0 Å². The van der Waals surface area contributed by atoms with Crippen molar-refractivity contribution in [3.05, 3.63) is 76.1 Å². The number of aryl methyl sites for hydroxylation is 1. The number of nitrogens with one attached hydrogen (secondary N) is 1. The number of carbonyl (C=O) groups excluding carboxylic acids is 1. The Morgan fingerprint density at radius 2 is 1.86 bits per heavy atom. The zero-order chi connectivity index (χ0) is 20.3. The number of benzene rings is 2. The molecule has 146 valence electrons. The van der Waals surface area contributed by atoms with E-state index >= 15 is 0 Å². The predicted octanol–water partition coefficient (Wildman–Crippen LogP) is 5.49. The highest BCUT2D eigenvalue weighted by Crippen LogP contribution is 2.34. The molecule has 0 radical (unpaired) electrons. The first-order valence-electron chi connectivity index (χ1n) is 8.07. The van der Waals surface area contributed by atoms with Crippen LogP contribution in [0.15, 0.2) is 53.1 Å². The third-order valence-electron chi connectivity index (χ3n) is 3.88. The fraction of sp³-hybridized carbons (Fsp3) is 0.158. The second kappa shape index (κ2) is 7.93. The van der Waals surface area contributed by atoms with Crippen LogP contribution in [0.3, 0.4) is 0 Å². The third kappa shape index (κ3) is 4.45. The number of halogens is 4. The smallest absolute Gasteiger partial charge is 0.418 e. The Morgan fingerprint density at radius 3 is 2.54 bits per heavy atom. The van der Waals surface area contributed by atoms with Gasteiger partial charge in [0.1, 0.15) is 18.1 Å². The van der Waals surface area contributed by atoms with Crippen LogP contribution in [0, 0.1) is 6.92 Å². The van der Waals surface area contributed by atoms with Crippen molar-refractivity contribution >= 4 is 23.2 Å². The van der Waals surface area contributed by atoms with Gasteiger partial charge < -0.3 is 14.6 Å². The second-order valence-corrected chi connectivity index (χ2v) is 6.24. The van der Waals surface area contributed by atoms with Gasteiger partial charge in [0.15, 0.2) is 5.69 Å². The van der Waals surface area contributed by atoms with E-state index in [1.807, 2.05) is 0 Å². The van der Waals surface area contributed by atoms with Crippen molar-refractivity contribution in [2.24, 2.45) is 0 Å². The van der Waals surface area contributed by atoms with Gasteiger partial charge in [-0.1, -0.05) is 28.9 Å². The van der Waals surface area contributed by atoms with E-state index in [4.69, 9.17) is 20.9 Å². The molecule has 5 nitrogen and oxygen atoms in total. The van der Waals surface area contributed by atoms with Crippen LogP contribution in [0.4, 0.5) is 18.9 Å². The standard InChI is InChI=1S/C19H14ClF3N2O3/c1-11-14(10-27-13-8-6-12(20)7-9-13)17(25-28-11)18(26)24-16-5-3-2-4-15(16)19(21,22)23/h2-9H,10H2,1H3,(H,24,26). The molecule has 9 heteroatoms. The zero-order valence-electron chi connectivity index (χ0n) is 14.5. The van der Waals surface area contributed by atoms with Crippen molar-refractivity contribution in [2.45, 2.75) is 19.7 Å². The minimum Gasteiger partial charge on any atom is -0.489 e. The molecule has 1 N–H and O–H groups in total. The van der Waals surface area contributed by atoms with E-state index in [0.29, 0.717) is 22.1 Å². The number of aromatic nitrogens is 1. The fourth-order valence-corrected chi connectivity index (χ4v) is 2.57. The molecule has 0 aliphatic rings. The molecule has 1 heterocycles. The van der Waals surface area contributed by atoms with Crippen LogP contribution in [0.2, 0.25) is 5.02 Å². The molecule has 1 aromatic heterocycles. The lowest BCUT2D eigenvalue weighted by atomic mass is 10.1. The summed E-state index contributed by atoms with van der Waals surface area (Å²) in [5.41, 5.74) is -1.15. The summed E-state index contributed by atoms with van der Waals surface area (Å²) >= 11 is 5.81. The van der Waals surface area contributed by atoms with Crippen molar-refractivity contribution in [2.75, 3.05) is 5.32 Å². The first kappa shape index (κ1) is 19.8. The van der Waals surface area contributed by atoms with Crippen LogP contribution < -0.4 is 10.1 Å². The molecule has 28 heavy (non-hydrogen) atoms. The number of hydrogen-bond acceptors (Lipinski definition) is 4. The minimum absolute atomic E-state index is 0.0549. The molecule has 0 atom stereocenters. The van der Waals surface area contributed by atoms with Crippen molar-refractivity contribution < 1.29 is 27.2 Å². The van der Waals surface area contributed by atoms with Crippen LogP contribution in [0.25, 0.3) is 0 Å². The summed E-state index contributed by atoms with van der Waals surface area (Å²) in [7, 11) is 0. The van der Waals surface area contributed by atoms with Crippen molar-refractivity contribution in [1.82, 2.24) is 5.16 Å². The summed E-state index contributed by atoms with van der Waals surface area (Å²) in [6.45, 7) is 1.52. The lowest BCUT2D eigenvalue weighted by Gasteiger charge is -2.13. The number of anilines is 1. The molecular weight excluding hydrogens is 397 g/mol. The van der Waals surface area contributed by atoms with Crippen molar-refractivity contribution in [3.8, 4) is 5.75 Å². The number of hydrogen-bond donors (Lipinski definition) is 1.